The number of hydrogen-bond donors (Lipinski definition) is 2. The quantitative estimate of drug-likeness (QED) is 0.744. The van der Waals surface area contributed by atoms with Gasteiger partial charge in [0.25, 0.3) is 5.91 Å². The van der Waals surface area contributed by atoms with Gasteiger partial charge in [-0.2, -0.15) is 0 Å². The summed E-state index contributed by atoms with van der Waals surface area (Å²) in [5.41, 5.74) is 3.03. The fourth-order valence-corrected chi connectivity index (χ4v) is 2.32. The maximum atomic E-state index is 12.9. The number of aryl methyl sites for hydroxylation is 1. The molecule has 0 saturated carbocycles. The van der Waals surface area contributed by atoms with Crippen LogP contribution in [0.2, 0.25) is 0 Å². The predicted molar refractivity (Wildman–Crippen MR) is 94.9 cm³/mol. The summed E-state index contributed by atoms with van der Waals surface area (Å²) in [5, 5.41) is 5.84. The summed E-state index contributed by atoms with van der Waals surface area (Å²) in [6, 6.07) is 15.2. The van der Waals surface area contributed by atoms with Crippen LogP contribution >= 0.6 is 0 Å². The van der Waals surface area contributed by atoms with Crippen LogP contribution in [0.5, 0.6) is 0 Å². The van der Waals surface area contributed by atoms with E-state index in [1.54, 1.807) is 6.07 Å². The summed E-state index contributed by atoms with van der Waals surface area (Å²) in [6.07, 6.45) is 1.33. The summed E-state index contributed by atoms with van der Waals surface area (Å²) in [5.74, 6) is -0.184. The van der Waals surface area contributed by atoms with Gasteiger partial charge in [-0.25, -0.2) is 14.4 Å². The average molecular weight is 336 g/mol. The summed E-state index contributed by atoms with van der Waals surface area (Å²) in [6.45, 7) is 2.63. The number of aromatic nitrogens is 2. The minimum absolute atomic E-state index is 0.228. The Morgan fingerprint density at radius 1 is 1.08 bits per heavy atom. The molecule has 0 aliphatic heterocycles. The molecule has 0 aliphatic rings. The van der Waals surface area contributed by atoms with E-state index in [4.69, 9.17) is 0 Å². The number of nitrogens with one attached hydrogen (secondary N) is 2. The Hall–Kier alpha value is -3.28. The molecular weight excluding hydrogens is 319 g/mol. The van der Waals surface area contributed by atoms with Crippen molar-refractivity contribution in [3.05, 3.63) is 83.6 Å². The molecule has 3 rings (SSSR count). The first-order valence-electron chi connectivity index (χ1n) is 7.78. The van der Waals surface area contributed by atoms with Crippen LogP contribution in [-0.4, -0.2) is 15.9 Å². The predicted octanol–water partition coefficient (Wildman–Crippen LogP) is 3.79. The zero-order valence-electron chi connectivity index (χ0n) is 13.7. The normalized spacial score (nSPS) is 10.3. The fraction of sp³-hybridized carbons (Fsp3) is 0.105. The molecule has 1 heterocycles. The molecule has 2 N–H and O–H groups in total. The molecule has 0 atom stereocenters. The first-order valence-corrected chi connectivity index (χ1v) is 7.78. The molecule has 1 aromatic heterocycles. The van der Waals surface area contributed by atoms with Crippen LogP contribution in [-0.2, 0) is 6.54 Å². The van der Waals surface area contributed by atoms with Crippen molar-refractivity contribution in [1.29, 1.82) is 0 Å². The van der Waals surface area contributed by atoms with E-state index in [2.05, 4.69) is 26.7 Å². The van der Waals surface area contributed by atoms with E-state index in [-0.39, 0.29) is 17.4 Å². The van der Waals surface area contributed by atoms with Crippen LogP contribution in [0.15, 0.2) is 60.9 Å². The minimum atomic E-state index is -0.382. The number of amides is 1. The van der Waals surface area contributed by atoms with Gasteiger partial charge in [0.15, 0.2) is 0 Å². The van der Waals surface area contributed by atoms with Gasteiger partial charge in [0, 0.05) is 18.3 Å². The van der Waals surface area contributed by atoms with Crippen LogP contribution in [0.4, 0.5) is 15.9 Å². The first kappa shape index (κ1) is 16.6. The first-order chi connectivity index (χ1) is 12.1. The summed E-state index contributed by atoms with van der Waals surface area (Å²) in [4.78, 5) is 20.4. The highest BCUT2D eigenvalue weighted by Gasteiger charge is 2.09. The van der Waals surface area contributed by atoms with E-state index in [1.165, 1.54) is 36.2 Å². The van der Waals surface area contributed by atoms with Crippen molar-refractivity contribution in [2.24, 2.45) is 0 Å². The van der Waals surface area contributed by atoms with Crippen molar-refractivity contribution in [3.63, 3.8) is 0 Å². The highest BCUT2D eigenvalue weighted by molar-refractivity contribution is 6.03. The lowest BCUT2D eigenvalue weighted by molar-refractivity contribution is 0.102. The van der Waals surface area contributed by atoms with Crippen LogP contribution in [0.1, 0.15) is 21.6 Å². The van der Waals surface area contributed by atoms with Gasteiger partial charge in [-0.1, -0.05) is 29.8 Å². The van der Waals surface area contributed by atoms with Gasteiger partial charge in [0.2, 0.25) is 0 Å². The largest absolute Gasteiger partial charge is 0.366 e. The highest BCUT2D eigenvalue weighted by atomic mass is 19.1. The number of anilines is 2. The molecule has 0 aliphatic carbocycles. The zero-order chi connectivity index (χ0) is 17.6. The Morgan fingerprint density at radius 3 is 2.64 bits per heavy atom. The number of hydrogen-bond acceptors (Lipinski definition) is 4. The van der Waals surface area contributed by atoms with E-state index < -0.39 is 0 Å². The van der Waals surface area contributed by atoms with Gasteiger partial charge in [0.1, 0.15) is 23.7 Å². The molecule has 0 saturated heterocycles. The minimum Gasteiger partial charge on any atom is -0.366 e. The molecule has 3 aromatic rings. The second kappa shape index (κ2) is 7.53. The van der Waals surface area contributed by atoms with Gasteiger partial charge in [0.05, 0.1) is 0 Å². The molecule has 0 spiro atoms. The van der Waals surface area contributed by atoms with Gasteiger partial charge in [-0.3, -0.25) is 4.79 Å². The third-order valence-corrected chi connectivity index (χ3v) is 3.56. The molecule has 5 nitrogen and oxygen atoms in total. The summed E-state index contributed by atoms with van der Waals surface area (Å²) < 4.78 is 12.9. The standard InChI is InChI=1S/C19H17FN4O/c1-13-3-2-4-14(9-13)11-21-18-10-17(22-12-23-18)19(25)24-16-7-5-15(20)6-8-16/h2-10,12H,11H2,1H3,(H,24,25)(H,21,22,23). The molecule has 2 aromatic carbocycles. The number of carbonyl (C=O) groups is 1. The topological polar surface area (TPSA) is 66.9 Å². The number of benzene rings is 2. The molecule has 0 radical (unpaired) electrons. The number of rotatable bonds is 5. The Balaban J connectivity index is 1.66. The second-order valence-electron chi connectivity index (χ2n) is 5.59. The van der Waals surface area contributed by atoms with Crippen LogP contribution in [0.25, 0.3) is 0 Å². The molecule has 0 unspecified atom stereocenters. The Bertz CT molecular complexity index is 881. The Kier molecular flexibility index (Phi) is 4.99. The zero-order valence-corrected chi connectivity index (χ0v) is 13.7. The molecule has 0 fully saturated rings. The van der Waals surface area contributed by atoms with E-state index in [9.17, 15) is 9.18 Å². The Morgan fingerprint density at radius 2 is 1.88 bits per heavy atom. The Labute approximate surface area is 145 Å². The monoisotopic (exact) mass is 336 g/mol. The number of carbonyl (C=O) groups excluding carboxylic acids is 1. The summed E-state index contributed by atoms with van der Waals surface area (Å²) in [7, 11) is 0. The number of halogens is 1. The lowest BCUT2D eigenvalue weighted by atomic mass is 10.1. The van der Waals surface area contributed by atoms with Crippen molar-refractivity contribution in [2.75, 3.05) is 10.6 Å². The van der Waals surface area contributed by atoms with Crippen molar-refractivity contribution in [3.8, 4) is 0 Å². The maximum absolute atomic E-state index is 12.9. The molecule has 1 amide bonds. The van der Waals surface area contributed by atoms with Gasteiger partial charge in [-0.15, -0.1) is 0 Å². The van der Waals surface area contributed by atoms with Crippen molar-refractivity contribution >= 4 is 17.4 Å². The SMILES string of the molecule is Cc1cccc(CNc2cc(C(=O)Nc3ccc(F)cc3)ncn2)c1. The average Bonchev–Trinajstić information content (AvgIpc) is 2.62. The maximum Gasteiger partial charge on any atom is 0.274 e. The smallest absolute Gasteiger partial charge is 0.274 e. The number of nitrogens with zero attached hydrogens (tertiary/aromatic N) is 2. The molecular formula is C19H17FN4O. The van der Waals surface area contributed by atoms with Gasteiger partial charge < -0.3 is 10.6 Å². The lowest BCUT2D eigenvalue weighted by Gasteiger charge is -2.08. The van der Waals surface area contributed by atoms with E-state index in [0.29, 0.717) is 18.1 Å². The van der Waals surface area contributed by atoms with E-state index >= 15 is 0 Å². The van der Waals surface area contributed by atoms with E-state index in [0.717, 1.165) is 5.56 Å². The molecule has 25 heavy (non-hydrogen) atoms. The van der Waals surface area contributed by atoms with Crippen LogP contribution < -0.4 is 10.6 Å². The van der Waals surface area contributed by atoms with E-state index in [1.807, 2.05) is 25.1 Å². The summed E-state index contributed by atoms with van der Waals surface area (Å²) >= 11 is 0. The van der Waals surface area contributed by atoms with Crippen LogP contribution in [0.3, 0.4) is 0 Å². The lowest BCUT2D eigenvalue weighted by Crippen LogP contribution is -2.14. The molecule has 0 bridgehead atoms. The van der Waals surface area contributed by atoms with Gasteiger partial charge >= 0.3 is 0 Å². The third-order valence-electron chi connectivity index (χ3n) is 3.56. The van der Waals surface area contributed by atoms with Crippen LogP contribution in [0, 0.1) is 12.7 Å². The van der Waals surface area contributed by atoms with Crippen molar-refractivity contribution in [2.45, 2.75) is 13.5 Å². The molecule has 6 heteroatoms. The van der Waals surface area contributed by atoms with Gasteiger partial charge in [-0.05, 0) is 36.8 Å². The molecule has 126 valence electrons. The van der Waals surface area contributed by atoms with Crippen molar-refractivity contribution < 1.29 is 9.18 Å². The van der Waals surface area contributed by atoms with Crippen molar-refractivity contribution in [1.82, 2.24) is 9.97 Å². The highest BCUT2D eigenvalue weighted by Crippen LogP contribution is 2.12. The second-order valence-corrected chi connectivity index (χ2v) is 5.59. The third kappa shape index (κ3) is 4.60. The fourth-order valence-electron chi connectivity index (χ4n) is 2.32.